The Labute approximate surface area is 67.0 Å². The van der Waals surface area contributed by atoms with Crippen molar-refractivity contribution >= 4 is 22.6 Å². The van der Waals surface area contributed by atoms with Crippen LogP contribution in [0.3, 0.4) is 0 Å². The summed E-state index contributed by atoms with van der Waals surface area (Å²) in [6, 6.07) is 3.49. The summed E-state index contributed by atoms with van der Waals surface area (Å²) in [7, 11) is 0. The maximum Gasteiger partial charge on any atom is 0.170 e. The van der Waals surface area contributed by atoms with E-state index >= 15 is 0 Å². The highest BCUT2D eigenvalue weighted by Crippen LogP contribution is 2.27. The lowest BCUT2D eigenvalue weighted by molar-refractivity contribution is 0.150. The molecule has 0 aromatic carbocycles. The van der Waals surface area contributed by atoms with Crippen LogP contribution in [-0.2, 0) is 3.61 Å². The molecule has 50 valence electrons. The lowest BCUT2D eigenvalue weighted by atomic mass is 10.3. The fourth-order valence-corrected chi connectivity index (χ4v) is 0.845. The second kappa shape index (κ2) is 2.30. The van der Waals surface area contributed by atoms with Crippen molar-refractivity contribution in [1.29, 1.82) is 0 Å². The Kier molecular flexibility index (Phi) is 1.81. The van der Waals surface area contributed by atoms with Crippen molar-refractivity contribution in [2.45, 2.75) is 10.5 Å². The van der Waals surface area contributed by atoms with Gasteiger partial charge in [-0.2, -0.15) is 0 Å². The first-order valence-corrected chi connectivity index (χ1v) is 3.64. The molecule has 2 nitrogen and oxygen atoms in total. The number of hydrogen-bond donors (Lipinski definition) is 1. The highest BCUT2D eigenvalue weighted by molar-refractivity contribution is 14.1. The van der Waals surface area contributed by atoms with E-state index in [-0.39, 0.29) is 0 Å². The van der Waals surface area contributed by atoms with Gasteiger partial charge in [0.2, 0.25) is 0 Å². The van der Waals surface area contributed by atoms with Crippen molar-refractivity contribution in [3.63, 3.8) is 0 Å². The van der Waals surface area contributed by atoms with Crippen LogP contribution < -0.4 is 0 Å². The predicted octanol–water partition coefficient (Wildman–Crippen LogP) is 1.88. The van der Waals surface area contributed by atoms with Crippen LogP contribution in [0.4, 0.5) is 0 Å². The van der Waals surface area contributed by atoms with Crippen molar-refractivity contribution < 1.29 is 9.52 Å². The molecule has 1 aromatic heterocycles. The normalized spacial score (nSPS) is 17.2. The van der Waals surface area contributed by atoms with E-state index in [4.69, 9.17) is 4.42 Å². The Morgan fingerprint density at radius 2 is 2.44 bits per heavy atom. The number of aliphatic hydroxyl groups is 1. The van der Waals surface area contributed by atoms with Gasteiger partial charge in [0.25, 0.3) is 0 Å². The number of alkyl halides is 1. The second-order valence-corrected chi connectivity index (χ2v) is 4.03. The van der Waals surface area contributed by atoms with E-state index in [9.17, 15) is 5.11 Å². The molecule has 0 aliphatic heterocycles. The van der Waals surface area contributed by atoms with Crippen molar-refractivity contribution in [3.05, 3.63) is 24.2 Å². The molecular formula is C6H7IO2. The molecule has 0 bridgehead atoms. The molecule has 1 atom stereocenters. The molecule has 3 heteroatoms. The van der Waals surface area contributed by atoms with Gasteiger partial charge in [0.1, 0.15) is 5.76 Å². The zero-order valence-electron chi connectivity index (χ0n) is 4.97. The Bertz CT molecular complexity index is 173. The van der Waals surface area contributed by atoms with Gasteiger partial charge >= 0.3 is 0 Å². The summed E-state index contributed by atoms with van der Waals surface area (Å²) in [5.41, 5.74) is 0. The summed E-state index contributed by atoms with van der Waals surface area (Å²) >= 11 is 1.90. The fourth-order valence-electron chi connectivity index (χ4n) is 0.538. The third-order valence-electron chi connectivity index (χ3n) is 0.971. The minimum atomic E-state index is -0.874. The van der Waals surface area contributed by atoms with Crippen LogP contribution in [0.25, 0.3) is 0 Å². The smallest absolute Gasteiger partial charge is 0.170 e. The second-order valence-electron chi connectivity index (χ2n) is 1.93. The molecule has 0 spiro atoms. The molecule has 9 heavy (non-hydrogen) atoms. The van der Waals surface area contributed by atoms with Crippen LogP contribution in [0.15, 0.2) is 22.8 Å². The van der Waals surface area contributed by atoms with Crippen molar-refractivity contribution in [2.24, 2.45) is 0 Å². The molecule has 0 fully saturated rings. The van der Waals surface area contributed by atoms with Gasteiger partial charge in [-0.05, 0) is 41.6 Å². The molecule has 0 radical (unpaired) electrons. The summed E-state index contributed by atoms with van der Waals surface area (Å²) in [5, 5.41) is 9.27. The Hall–Kier alpha value is -0.0300. The summed E-state index contributed by atoms with van der Waals surface area (Å²) in [6.45, 7) is 1.67. The summed E-state index contributed by atoms with van der Waals surface area (Å²) in [5.74, 6) is 0.586. The van der Waals surface area contributed by atoms with Gasteiger partial charge in [-0.1, -0.05) is 0 Å². The quantitative estimate of drug-likeness (QED) is 0.598. The number of halogens is 1. The zero-order chi connectivity index (χ0) is 6.91. The van der Waals surface area contributed by atoms with Crippen LogP contribution in [0.1, 0.15) is 12.7 Å². The average molecular weight is 238 g/mol. The average Bonchev–Trinajstić information content (AvgIpc) is 2.08. The van der Waals surface area contributed by atoms with Crippen LogP contribution in [-0.4, -0.2) is 5.11 Å². The monoisotopic (exact) mass is 238 g/mol. The molecule has 1 unspecified atom stereocenters. The first-order valence-electron chi connectivity index (χ1n) is 2.56. The van der Waals surface area contributed by atoms with E-state index in [0.717, 1.165) is 0 Å². The Morgan fingerprint density at radius 1 is 1.78 bits per heavy atom. The molecular weight excluding hydrogens is 231 g/mol. The van der Waals surface area contributed by atoms with Gasteiger partial charge in [0, 0.05) is 0 Å². The van der Waals surface area contributed by atoms with E-state index in [0.29, 0.717) is 5.76 Å². The number of furan rings is 1. The lowest BCUT2D eigenvalue weighted by Gasteiger charge is -2.09. The van der Waals surface area contributed by atoms with Gasteiger partial charge in [0.05, 0.1) is 6.26 Å². The molecule has 0 saturated carbocycles. The largest absolute Gasteiger partial charge is 0.465 e. The van der Waals surface area contributed by atoms with Crippen LogP contribution in [0.5, 0.6) is 0 Å². The van der Waals surface area contributed by atoms with Crippen LogP contribution in [0, 0.1) is 0 Å². The van der Waals surface area contributed by atoms with Crippen LogP contribution >= 0.6 is 22.6 Å². The summed E-state index contributed by atoms with van der Waals surface area (Å²) in [6.07, 6.45) is 1.54. The maximum atomic E-state index is 9.27. The highest BCUT2D eigenvalue weighted by atomic mass is 127. The van der Waals surface area contributed by atoms with E-state index in [1.807, 2.05) is 22.6 Å². The molecule has 1 heterocycles. The van der Waals surface area contributed by atoms with E-state index < -0.39 is 3.61 Å². The third-order valence-corrected chi connectivity index (χ3v) is 1.50. The molecule has 0 saturated heterocycles. The number of rotatable bonds is 1. The minimum Gasteiger partial charge on any atom is -0.465 e. The third kappa shape index (κ3) is 1.69. The van der Waals surface area contributed by atoms with Gasteiger partial charge in [-0.25, -0.2) is 0 Å². The standard InChI is InChI=1S/C6H7IO2/c1-6(7,8)5-3-2-4-9-5/h2-4,8H,1H3. The van der Waals surface area contributed by atoms with Crippen molar-refractivity contribution in [2.75, 3.05) is 0 Å². The molecule has 0 amide bonds. The Balaban J connectivity index is 2.90. The van der Waals surface area contributed by atoms with Gasteiger partial charge < -0.3 is 9.52 Å². The van der Waals surface area contributed by atoms with E-state index in [2.05, 4.69) is 0 Å². The first kappa shape index (κ1) is 7.08. The summed E-state index contributed by atoms with van der Waals surface area (Å²) in [4.78, 5) is 0. The SMILES string of the molecule is CC(O)(I)c1ccco1. The van der Waals surface area contributed by atoms with Crippen molar-refractivity contribution in [3.8, 4) is 0 Å². The van der Waals surface area contributed by atoms with Gasteiger partial charge in [-0.3, -0.25) is 0 Å². The van der Waals surface area contributed by atoms with Gasteiger partial charge in [0.15, 0.2) is 3.61 Å². The maximum absolute atomic E-state index is 9.27. The lowest BCUT2D eigenvalue weighted by Crippen LogP contribution is -2.08. The van der Waals surface area contributed by atoms with Gasteiger partial charge in [-0.15, -0.1) is 0 Å². The molecule has 1 N–H and O–H groups in total. The summed E-state index contributed by atoms with van der Waals surface area (Å²) < 4.78 is 4.07. The molecule has 0 aliphatic rings. The first-order chi connectivity index (χ1) is 4.11. The molecule has 0 aliphatic carbocycles. The van der Waals surface area contributed by atoms with Crippen LogP contribution in [0.2, 0.25) is 0 Å². The van der Waals surface area contributed by atoms with E-state index in [1.54, 1.807) is 25.3 Å². The topological polar surface area (TPSA) is 33.4 Å². The predicted molar refractivity (Wildman–Crippen MR) is 42.3 cm³/mol. The highest BCUT2D eigenvalue weighted by Gasteiger charge is 2.20. The Morgan fingerprint density at radius 3 is 2.67 bits per heavy atom. The number of hydrogen-bond acceptors (Lipinski definition) is 2. The van der Waals surface area contributed by atoms with Crippen molar-refractivity contribution in [1.82, 2.24) is 0 Å². The fraction of sp³-hybridized carbons (Fsp3) is 0.333. The molecule has 1 rings (SSSR count). The molecule has 1 aromatic rings. The minimum absolute atomic E-state index is 0.586. The van der Waals surface area contributed by atoms with E-state index in [1.165, 1.54) is 0 Å². The zero-order valence-corrected chi connectivity index (χ0v) is 7.12.